The van der Waals surface area contributed by atoms with Crippen molar-refractivity contribution in [3.63, 3.8) is 0 Å². The van der Waals surface area contributed by atoms with E-state index in [0.29, 0.717) is 10.3 Å². The normalized spacial score (nSPS) is 11.0. The number of aryl methyl sites for hydroxylation is 3. The number of aromatic nitrogens is 3. The lowest BCUT2D eigenvalue weighted by Gasteiger charge is -2.11. The molecule has 0 amide bonds. The van der Waals surface area contributed by atoms with Gasteiger partial charge in [0.05, 0.1) is 5.52 Å². The Balaban J connectivity index is 1.53. The molecule has 0 saturated heterocycles. The molecule has 2 heterocycles. The summed E-state index contributed by atoms with van der Waals surface area (Å²) in [6.45, 7) is 1.92. The van der Waals surface area contributed by atoms with Crippen molar-refractivity contribution in [2.75, 3.05) is 5.32 Å². The highest BCUT2D eigenvalue weighted by Crippen LogP contribution is 2.27. The van der Waals surface area contributed by atoms with Gasteiger partial charge >= 0.3 is 0 Å². The zero-order chi connectivity index (χ0) is 19.5. The van der Waals surface area contributed by atoms with E-state index in [1.807, 2.05) is 37.3 Å². The lowest BCUT2D eigenvalue weighted by molar-refractivity contribution is 0.892. The van der Waals surface area contributed by atoms with Crippen LogP contribution in [0.15, 0.2) is 60.8 Å². The van der Waals surface area contributed by atoms with E-state index in [0.717, 1.165) is 46.5 Å². The SMILES string of the molecule is Cc1cc(CCc2cccc(Nc3ccnc4cc(Cl)ccc34)c2)nc(Cl)n1. The maximum atomic E-state index is 6.08. The van der Waals surface area contributed by atoms with Crippen molar-refractivity contribution in [2.45, 2.75) is 19.8 Å². The van der Waals surface area contributed by atoms with Gasteiger partial charge in [0, 0.05) is 39.4 Å². The number of anilines is 2. The van der Waals surface area contributed by atoms with Gasteiger partial charge in [-0.2, -0.15) is 0 Å². The molecular formula is C22H18Cl2N4. The summed E-state index contributed by atoms with van der Waals surface area (Å²) in [6, 6.07) is 18.0. The van der Waals surface area contributed by atoms with Crippen LogP contribution in [0.25, 0.3) is 10.9 Å². The number of fused-ring (bicyclic) bond motifs is 1. The smallest absolute Gasteiger partial charge is 0.222 e. The molecule has 0 bridgehead atoms. The number of nitrogens with one attached hydrogen (secondary N) is 1. The van der Waals surface area contributed by atoms with Crippen LogP contribution in [0, 0.1) is 6.92 Å². The van der Waals surface area contributed by atoms with Gasteiger partial charge in [-0.05, 0) is 79.4 Å². The molecule has 0 spiro atoms. The third-order valence-electron chi connectivity index (χ3n) is 4.46. The quantitative estimate of drug-likeness (QED) is 0.401. The van der Waals surface area contributed by atoms with Crippen molar-refractivity contribution < 1.29 is 0 Å². The molecule has 4 nitrogen and oxygen atoms in total. The van der Waals surface area contributed by atoms with Crippen molar-refractivity contribution >= 4 is 45.5 Å². The fraction of sp³-hybridized carbons (Fsp3) is 0.136. The lowest BCUT2D eigenvalue weighted by atomic mass is 10.1. The van der Waals surface area contributed by atoms with Crippen molar-refractivity contribution in [3.05, 3.63) is 88.1 Å². The summed E-state index contributed by atoms with van der Waals surface area (Å²) in [5.41, 5.74) is 5.94. The summed E-state index contributed by atoms with van der Waals surface area (Å²) >= 11 is 12.0. The maximum absolute atomic E-state index is 6.08. The van der Waals surface area contributed by atoms with Crippen LogP contribution in [-0.4, -0.2) is 15.0 Å². The summed E-state index contributed by atoms with van der Waals surface area (Å²) in [6.07, 6.45) is 3.46. The number of hydrogen-bond acceptors (Lipinski definition) is 4. The van der Waals surface area contributed by atoms with Crippen molar-refractivity contribution in [3.8, 4) is 0 Å². The van der Waals surface area contributed by atoms with Gasteiger partial charge in [-0.25, -0.2) is 9.97 Å². The number of pyridine rings is 1. The van der Waals surface area contributed by atoms with E-state index in [2.05, 4.69) is 44.5 Å². The van der Waals surface area contributed by atoms with Crippen molar-refractivity contribution in [1.82, 2.24) is 15.0 Å². The van der Waals surface area contributed by atoms with E-state index < -0.39 is 0 Å². The maximum Gasteiger partial charge on any atom is 0.222 e. The molecule has 0 aliphatic carbocycles. The van der Waals surface area contributed by atoms with E-state index in [4.69, 9.17) is 23.2 Å². The third-order valence-corrected chi connectivity index (χ3v) is 4.86. The fourth-order valence-electron chi connectivity index (χ4n) is 3.19. The summed E-state index contributed by atoms with van der Waals surface area (Å²) in [7, 11) is 0. The number of hydrogen-bond donors (Lipinski definition) is 1. The van der Waals surface area contributed by atoms with E-state index >= 15 is 0 Å². The summed E-state index contributed by atoms with van der Waals surface area (Å²) in [5.74, 6) is 0. The molecular weight excluding hydrogens is 391 g/mol. The van der Waals surface area contributed by atoms with Gasteiger partial charge in [0.2, 0.25) is 5.28 Å². The van der Waals surface area contributed by atoms with Crippen molar-refractivity contribution in [1.29, 1.82) is 0 Å². The Kier molecular flexibility index (Phi) is 5.42. The average molecular weight is 409 g/mol. The Morgan fingerprint density at radius 3 is 2.68 bits per heavy atom. The van der Waals surface area contributed by atoms with E-state index in [-0.39, 0.29) is 0 Å². The molecule has 0 saturated carbocycles. The molecule has 2 aromatic carbocycles. The van der Waals surface area contributed by atoms with Gasteiger partial charge in [0.15, 0.2) is 0 Å². The van der Waals surface area contributed by atoms with Gasteiger partial charge in [0.25, 0.3) is 0 Å². The molecule has 28 heavy (non-hydrogen) atoms. The second-order valence-corrected chi connectivity index (χ2v) is 7.39. The Bertz CT molecular complexity index is 1120. The third kappa shape index (κ3) is 4.41. The molecule has 140 valence electrons. The first-order valence-electron chi connectivity index (χ1n) is 8.97. The highest BCUT2D eigenvalue weighted by molar-refractivity contribution is 6.31. The van der Waals surface area contributed by atoms with Crippen LogP contribution >= 0.6 is 23.2 Å². The second kappa shape index (κ2) is 8.13. The van der Waals surface area contributed by atoms with Gasteiger partial charge < -0.3 is 5.32 Å². The topological polar surface area (TPSA) is 50.7 Å². The Labute approximate surface area is 173 Å². The first-order chi connectivity index (χ1) is 13.6. The highest BCUT2D eigenvalue weighted by atomic mass is 35.5. The van der Waals surface area contributed by atoms with Crippen LogP contribution in [-0.2, 0) is 12.8 Å². The van der Waals surface area contributed by atoms with E-state index in [1.165, 1.54) is 5.56 Å². The molecule has 1 N–H and O–H groups in total. The van der Waals surface area contributed by atoms with Crippen LogP contribution in [0.3, 0.4) is 0 Å². The molecule has 0 aliphatic rings. The predicted octanol–water partition coefficient (Wildman–Crippen LogP) is 6.17. The van der Waals surface area contributed by atoms with Crippen LogP contribution in [0.1, 0.15) is 17.0 Å². The predicted molar refractivity (Wildman–Crippen MR) is 116 cm³/mol. The first kappa shape index (κ1) is 18.7. The van der Waals surface area contributed by atoms with Crippen LogP contribution in [0.2, 0.25) is 10.3 Å². The highest BCUT2D eigenvalue weighted by Gasteiger charge is 2.05. The molecule has 4 aromatic rings. The van der Waals surface area contributed by atoms with Crippen LogP contribution < -0.4 is 5.32 Å². The van der Waals surface area contributed by atoms with Gasteiger partial charge in [-0.3, -0.25) is 4.98 Å². The first-order valence-corrected chi connectivity index (χ1v) is 9.73. The molecule has 4 rings (SSSR count). The minimum atomic E-state index is 0.301. The van der Waals surface area contributed by atoms with Crippen molar-refractivity contribution in [2.24, 2.45) is 0 Å². The lowest BCUT2D eigenvalue weighted by Crippen LogP contribution is -1.99. The molecule has 2 aromatic heterocycles. The molecule has 6 heteroatoms. The second-order valence-electron chi connectivity index (χ2n) is 6.62. The minimum absolute atomic E-state index is 0.301. The number of benzene rings is 2. The van der Waals surface area contributed by atoms with E-state index in [9.17, 15) is 0 Å². The Hall–Kier alpha value is -2.69. The van der Waals surface area contributed by atoms with Gasteiger partial charge in [-0.15, -0.1) is 0 Å². The summed E-state index contributed by atoms with van der Waals surface area (Å²) in [5, 5.41) is 5.51. The summed E-state index contributed by atoms with van der Waals surface area (Å²) < 4.78 is 0. The molecule has 0 aliphatic heterocycles. The fourth-order valence-corrected chi connectivity index (χ4v) is 3.59. The zero-order valence-corrected chi connectivity index (χ0v) is 16.8. The standard InChI is InChI=1S/C22H18Cl2N4/c1-14-11-18(28-22(24)26-14)7-5-15-3-2-4-17(12-15)27-20-9-10-25-21-13-16(23)6-8-19(20)21/h2-4,6,8-13H,5,7H2,1H3,(H,25,27). The van der Waals surface area contributed by atoms with Crippen LogP contribution in [0.4, 0.5) is 11.4 Å². The largest absolute Gasteiger partial charge is 0.355 e. The Morgan fingerprint density at radius 1 is 0.929 bits per heavy atom. The average Bonchev–Trinajstić information content (AvgIpc) is 2.66. The number of nitrogens with zero attached hydrogens (tertiary/aromatic N) is 3. The minimum Gasteiger partial charge on any atom is -0.355 e. The van der Waals surface area contributed by atoms with Gasteiger partial charge in [-0.1, -0.05) is 23.7 Å². The molecule has 0 atom stereocenters. The number of rotatable bonds is 5. The molecule has 0 radical (unpaired) electrons. The summed E-state index contributed by atoms with van der Waals surface area (Å²) in [4.78, 5) is 12.8. The Morgan fingerprint density at radius 2 is 1.82 bits per heavy atom. The zero-order valence-electron chi connectivity index (χ0n) is 15.3. The van der Waals surface area contributed by atoms with Crippen LogP contribution in [0.5, 0.6) is 0 Å². The molecule has 0 fully saturated rings. The van der Waals surface area contributed by atoms with E-state index in [1.54, 1.807) is 6.20 Å². The number of halogens is 2. The monoisotopic (exact) mass is 408 g/mol. The van der Waals surface area contributed by atoms with Gasteiger partial charge in [0.1, 0.15) is 0 Å². The molecule has 0 unspecified atom stereocenters.